The number of esters is 1. The van der Waals surface area contributed by atoms with Crippen LogP contribution in [-0.4, -0.2) is 17.6 Å². The summed E-state index contributed by atoms with van der Waals surface area (Å²) >= 11 is 0. The molecule has 0 aliphatic carbocycles. The number of carbonyl (C=O) groups excluding carboxylic acids is 1. The van der Waals surface area contributed by atoms with E-state index in [0.29, 0.717) is 12.4 Å². The Morgan fingerprint density at radius 2 is 1.50 bits per heavy atom. The van der Waals surface area contributed by atoms with Crippen molar-refractivity contribution in [3.05, 3.63) is 103 Å². The lowest BCUT2D eigenvalue weighted by molar-refractivity contribution is -0.680. The van der Waals surface area contributed by atoms with Crippen molar-refractivity contribution < 1.29 is 18.5 Å². The second-order valence-corrected chi connectivity index (χ2v) is 9.87. The van der Waals surface area contributed by atoms with Crippen LogP contribution in [0.4, 0.5) is 5.82 Å². The van der Waals surface area contributed by atoms with Crippen LogP contribution in [0.3, 0.4) is 0 Å². The third-order valence-electron chi connectivity index (χ3n) is 6.96. The summed E-state index contributed by atoms with van der Waals surface area (Å²) in [6.07, 6.45) is 5.61. The zero-order valence-corrected chi connectivity index (χ0v) is 23.2. The predicted molar refractivity (Wildman–Crippen MR) is 159 cm³/mol. The van der Waals surface area contributed by atoms with E-state index in [9.17, 15) is 4.79 Å². The maximum absolute atomic E-state index is 13.4. The van der Waals surface area contributed by atoms with E-state index in [0.717, 1.165) is 71.3 Å². The summed E-state index contributed by atoms with van der Waals surface area (Å²) in [7, 11) is 0. The maximum atomic E-state index is 13.4. The number of benzene rings is 3. The van der Waals surface area contributed by atoms with Gasteiger partial charge in [-0.25, -0.2) is 4.79 Å². The van der Waals surface area contributed by atoms with Gasteiger partial charge in [-0.15, -0.1) is 0 Å². The maximum Gasteiger partial charge on any atom is 0.333 e. The van der Waals surface area contributed by atoms with E-state index >= 15 is 0 Å². The number of furan rings is 1. The van der Waals surface area contributed by atoms with Gasteiger partial charge in [0, 0.05) is 11.1 Å². The third kappa shape index (κ3) is 5.91. The lowest BCUT2D eigenvalue weighted by atomic mass is 9.99. The molecule has 6 nitrogen and oxygen atoms in total. The van der Waals surface area contributed by atoms with E-state index in [1.54, 1.807) is 6.33 Å². The highest BCUT2D eigenvalue weighted by Gasteiger charge is 2.31. The van der Waals surface area contributed by atoms with Gasteiger partial charge in [0.1, 0.15) is 11.1 Å². The molecular formula is C34H36N3O3+. The van der Waals surface area contributed by atoms with E-state index in [1.165, 1.54) is 0 Å². The minimum absolute atomic E-state index is 0.328. The van der Waals surface area contributed by atoms with Gasteiger partial charge in [0.2, 0.25) is 0 Å². The topological polar surface area (TPSA) is 68.2 Å². The molecule has 5 aromatic rings. The van der Waals surface area contributed by atoms with E-state index in [-0.39, 0.29) is 5.97 Å². The SMILES string of the molecule is CCCCOC(=O)C(Nc1nc[n+](CCCC)c2oc(-c3ccccc3)c(-c3ccccc3)c12)c1ccccc1. The van der Waals surface area contributed by atoms with E-state index < -0.39 is 6.04 Å². The van der Waals surface area contributed by atoms with Crippen molar-refractivity contribution in [3.8, 4) is 22.5 Å². The molecule has 2 heterocycles. The van der Waals surface area contributed by atoms with Crippen LogP contribution in [-0.2, 0) is 16.1 Å². The fourth-order valence-electron chi connectivity index (χ4n) is 4.82. The zero-order chi connectivity index (χ0) is 27.7. The first kappa shape index (κ1) is 27.1. The second kappa shape index (κ2) is 13.1. The van der Waals surface area contributed by atoms with Gasteiger partial charge in [-0.2, -0.15) is 4.57 Å². The van der Waals surface area contributed by atoms with Crippen molar-refractivity contribution >= 4 is 22.9 Å². The number of hydrogen-bond donors (Lipinski definition) is 1. The number of aromatic nitrogens is 2. The van der Waals surface area contributed by atoms with Crippen LogP contribution < -0.4 is 9.88 Å². The molecular weight excluding hydrogens is 498 g/mol. The van der Waals surface area contributed by atoms with Crippen molar-refractivity contribution in [1.29, 1.82) is 0 Å². The largest absolute Gasteiger partial charge is 0.464 e. The first-order valence-corrected chi connectivity index (χ1v) is 14.1. The Kier molecular flexibility index (Phi) is 8.86. The Hall–Kier alpha value is -4.45. The molecule has 1 atom stereocenters. The molecule has 0 bridgehead atoms. The Balaban J connectivity index is 1.71. The number of carbonyl (C=O) groups is 1. The predicted octanol–water partition coefficient (Wildman–Crippen LogP) is 7.75. The molecule has 0 radical (unpaired) electrons. The van der Waals surface area contributed by atoms with E-state index in [2.05, 4.69) is 48.0 Å². The third-order valence-corrected chi connectivity index (χ3v) is 6.96. The van der Waals surface area contributed by atoms with Gasteiger partial charge in [0.15, 0.2) is 6.04 Å². The Bertz CT molecular complexity index is 1530. The molecule has 6 heteroatoms. The normalized spacial score (nSPS) is 11.8. The highest BCUT2D eigenvalue weighted by Crippen LogP contribution is 2.42. The highest BCUT2D eigenvalue weighted by atomic mass is 16.5. The van der Waals surface area contributed by atoms with Crippen molar-refractivity contribution in [1.82, 2.24) is 4.98 Å². The number of anilines is 1. The molecule has 0 aliphatic heterocycles. The molecule has 0 saturated carbocycles. The average molecular weight is 535 g/mol. The molecule has 3 aromatic carbocycles. The Morgan fingerprint density at radius 1 is 0.875 bits per heavy atom. The molecule has 1 unspecified atom stereocenters. The highest BCUT2D eigenvalue weighted by molar-refractivity contribution is 6.05. The first-order chi connectivity index (χ1) is 19.7. The number of aryl methyl sites for hydroxylation is 1. The fourth-order valence-corrected chi connectivity index (χ4v) is 4.82. The molecule has 1 N–H and O–H groups in total. The fraction of sp³-hybridized carbons (Fsp3) is 0.265. The number of fused-ring (bicyclic) bond motifs is 1. The molecule has 0 fully saturated rings. The Morgan fingerprint density at radius 3 is 2.15 bits per heavy atom. The number of nitrogens with one attached hydrogen (secondary N) is 1. The Labute approximate surface area is 235 Å². The monoisotopic (exact) mass is 534 g/mol. The van der Waals surface area contributed by atoms with E-state index in [1.807, 2.05) is 66.7 Å². The molecule has 5 rings (SSSR count). The zero-order valence-electron chi connectivity index (χ0n) is 23.2. The molecule has 40 heavy (non-hydrogen) atoms. The summed E-state index contributed by atoms with van der Waals surface area (Å²) in [6, 6.07) is 29.3. The molecule has 0 aliphatic rings. The van der Waals surface area contributed by atoms with Crippen molar-refractivity contribution in [3.63, 3.8) is 0 Å². The summed E-state index contributed by atoms with van der Waals surface area (Å²) < 4.78 is 14.5. The average Bonchev–Trinajstić information content (AvgIpc) is 3.42. The quantitative estimate of drug-likeness (QED) is 0.101. The van der Waals surface area contributed by atoms with Gasteiger partial charge < -0.3 is 14.5 Å². The van der Waals surface area contributed by atoms with Crippen LogP contribution >= 0.6 is 0 Å². The van der Waals surface area contributed by atoms with Crippen molar-refractivity contribution in [2.75, 3.05) is 11.9 Å². The van der Waals surface area contributed by atoms with Gasteiger partial charge >= 0.3 is 11.7 Å². The summed E-state index contributed by atoms with van der Waals surface area (Å²) in [5.74, 6) is 1.02. The summed E-state index contributed by atoms with van der Waals surface area (Å²) in [6.45, 7) is 5.40. The van der Waals surface area contributed by atoms with Crippen LogP contribution in [0.1, 0.15) is 51.1 Å². The minimum atomic E-state index is -0.723. The number of unbranched alkanes of at least 4 members (excludes halogenated alkanes) is 2. The lowest BCUT2D eigenvalue weighted by Gasteiger charge is -2.17. The number of nitrogens with zero attached hydrogens (tertiary/aromatic N) is 2. The minimum Gasteiger partial charge on any atom is -0.464 e. The molecule has 204 valence electrons. The summed E-state index contributed by atoms with van der Waals surface area (Å²) in [5.41, 5.74) is 4.46. The van der Waals surface area contributed by atoms with Gasteiger partial charge in [-0.3, -0.25) is 0 Å². The molecule has 0 spiro atoms. The van der Waals surface area contributed by atoms with Crippen molar-refractivity contribution in [2.24, 2.45) is 0 Å². The smallest absolute Gasteiger partial charge is 0.333 e. The lowest BCUT2D eigenvalue weighted by Crippen LogP contribution is -2.35. The molecule has 0 amide bonds. The summed E-state index contributed by atoms with van der Waals surface area (Å²) in [5, 5.41) is 4.30. The first-order valence-electron chi connectivity index (χ1n) is 14.1. The van der Waals surface area contributed by atoms with Crippen LogP contribution in [0, 0.1) is 0 Å². The van der Waals surface area contributed by atoms with Crippen molar-refractivity contribution in [2.45, 2.75) is 52.1 Å². The van der Waals surface area contributed by atoms with Crippen LogP contribution in [0.15, 0.2) is 102 Å². The molecule has 2 aromatic heterocycles. The van der Waals surface area contributed by atoms with E-state index in [4.69, 9.17) is 14.1 Å². The van der Waals surface area contributed by atoms with Crippen LogP contribution in [0.5, 0.6) is 0 Å². The number of ether oxygens (including phenoxy) is 1. The summed E-state index contributed by atoms with van der Waals surface area (Å²) in [4.78, 5) is 18.3. The molecule has 0 saturated heterocycles. The van der Waals surface area contributed by atoms with Gasteiger partial charge in [-0.05, 0) is 29.0 Å². The van der Waals surface area contributed by atoms with Gasteiger partial charge in [-0.1, -0.05) is 118 Å². The standard InChI is InChI=1S/C34H35N3O3/c1-3-5-22-37-24-35-32(36-30(26-18-12-8-13-19-26)34(38)39-23-6-4-2)29-28(25-16-10-7-11-17-25)31(40-33(29)37)27-20-14-9-15-21-27/h7-21,24,30H,3-6,22-23H2,1-2H3/p+1. The second-order valence-electron chi connectivity index (χ2n) is 9.87. The van der Waals surface area contributed by atoms with Crippen LogP contribution in [0.25, 0.3) is 33.6 Å². The van der Waals surface area contributed by atoms with Gasteiger partial charge in [0.05, 0.1) is 13.2 Å². The number of rotatable bonds is 12. The van der Waals surface area contributed by atoms with Crippen LogP contribution in [0.2, 0.25) is 0 Å². The van der Waals surface area contributed by atoms with Gasteiger partial charge in [0.25, 0.3) is 12.1 Å². The number of hydrogen-bond acceptors (Lipinski definition) is 5.